The zero-order valence-corrected chi connectivity index (χ0v) is 22.5. The second-order valence-electron chi connectivity index (χ2n) is 10.7. The van der Waals surface area contributed by atoms with Crippen molar-refractivity contribution in [2.24, 2.45) is 5.92 Å². The number of carbonyl (C=O) groups is 2. The third-order valence-electron chi connectivity index (χ3n) is 7.70. The molecule has 2 amide bonds. The van der Waals surface area contributed by atoms with Crippen molar-refractivity contribution in [2.75, 3.05) is 28.7 Å². The van der Waals surface area contributed by atoms with Gasteiger partial charge in [0, 0.05) is 50.2 Å². The summed E-state index contributed by atoms with van der Waals surface area (Å²) in [5.41, 5.74) is 7.31. The van der Waals surface area contributed by atoms with Crippen molar-refractivity contribution in [3.05, 3.63) is 77.9 Å². The van der Waals surface area contributed by atoms with Crippen LogP contribution in [0.15, 0.2) is 66.7 Å². The predicted octanol–water partition coefficient (Wildman–Crippen LogP) is 6.58. The zero-order valence-electron chi connectivity index (χ0n) is 22.5. The molecule has 1 saturated heterocycles. The number of carbonyl (C=O) groups excluding carboxylic acids is 2. The molecule has 0 bridgehead atoms. The van der Waals surface area contributed by atoms with Crippen LogP contribution < -0.4 is 15.5 Å². The molecule has 6 heteroatoms. The van der Waals surface area contributed by atoms with Crippen molar-refractivity contribution >= 4 is 28.9 Å². The Morgan fingerprint density at radius 1 is 0.974 bits per heavy atom. The van der Waals surface area contributed by atoms with Crippen LogP contribution in [-0.2, 0) is 20.7 Å². The monoisotopic (exact) mass is 511 g/mol. The maximum atomic E-state index is 12.6. The summed E-state index contributed by atoms with van der Waals surface area (Å²) in [7, 11) is 0. The molecule has 0 aromatic heterocycles. The summed E-state index contributed by atoms with van der Waals surface area (Å²) in [5.74, 6) is 0.640. The Morgan fingerprint density at radius 3 is 2.47 bits per heavy atom. The van der Waals surface area contributed by atoms with Gasteiger partial charge in [0.15, 0.2) is 0 Å². The largest absolute Gasteiger partial charge is 0.381 e. The number of hydrogen-bond donors (Lipinski definition) is 2. The number of rotatable bonds is 7. The standard InChI is InChI=1S/C32H37N3O3/c1-21-17-31(34-28-12-9-24(10-13-28)7-8-25-15-16-38-20-25)30-19-27(11-14-32(30)35(21)23(3)37)26-5-4-6-29(18-26)33-22(2)36/h4-6,9-14,18-19,21,25,31,34H,7-8,15-17,20H2,1-3H3,(H,33,36)/t21-,25?,31+/m0/s1. The molecule has 3 atom stereocenters. The van der Waals surface area contributed by atoms with Crippen molar-refractivity contribution in [1.29, 1.82) is 0 Å². The van der Waals surface area contributed by atoms with Crippen LogP contribution in [0, 0.1) is 5.92 Å². The molecule has 1 unspecified atom stereocenters. The number of anilines is 3. The van der Waals surface area contributed by atoms with E-state index >= 15 is 0 Å². The van der Waals surface area contributed by atoms with Crippen molar-refractivity contribution in [3.8, 4) is 11.1 Å². The minimum atomic E-state index is -0.0958. The quantitative estimate of drug-likeness (QED) is 0.376. The molecule has 2 aliphatic rings. The number of benzene rings is 3. The predicted molar refractivity (Wildman–Crippen MR) is 153 cm³/mol. The molecular weight excluding hydrogens is 474 g/mol. The van der Waals surface area contributed by atoms with Gasteiger partial charge in [0.05, 0.1) is 6.04 Å². The highest BCUT2D eigenvalue weighted by Crippen LogP contribution is 2.41. The number of ether oxygens (including phenoxy) is 1. The first-order valence-corrected chi connectivity index (χ1v) is 13.6. The smallest absolute Gasteiger partial charge is 0.224 e. The molecule has 2 N–H and O–H groups in total. The number of nitrogens with one attached hydrogen (secondary N) is 2. The van der Waals surface area contributed by atoms with Gasteiger partial charge >= 0.3 is 0 Å². The number of fused-ring (bicyclic) bond motifs is 1. The molecule has 0 spiro atoms. The fraction of sp³-hybridized carbons (Fsp3) is 0.375. The Labute approximate surface area is 225 Å². The number of hydrogen-bond acceptors (Lipinski definition) is 4. The normalized spacial score (nSPS) is 20.6. The maximum absolute atomic E-state index is 12.6. The lowest BCUT2D eigenvalue weighted by atomic mass is 9.88. The second kappa shape index (κ2) is 11.4. The van der Waals surface area contributed by atoms with Gasteiger partial charge in [0.1, 0.15) is 0 Å². The van der Waals surface area contributed by atoms with E-state index in [1.165, 1.54) is 25.3 Å². The molecule has 38 heavy (non-hydrogen) atoms. The minimum absolute atomic E-state index is 0.0506. The number of nitrogens with zero attached hydrogens (tertiary/aromatic N) is 1. The Kier molecular flexibility index (Phi) is 7.79. The molecule has 5 rings (SSSR count). The van der Waals surface area contributed by atoms with E-state index < -0.39 is 0 Å². The minimum Gasteiger partial charge on any atom is -0.381 e. The van der Waals surface area contributed by atoms with Gasteiger partial charge in [-0.2, -0.15) is 0 Å². The average Bonchev–Trinajstić information content (AvgIpc) is 3.41. The van der Waals surface area contributed by atoms with Crippen LogP contribution in [0.4, 0.5) is 17.1 Å². The molecule has 3 aromatic rings. The SMILES string of the molecule is CC(=O)Nc1cccc(-c2ccc3c(c2)[C@H](Nc2ccc(CCC4CCOC4)cc2)C[C@H](C)N3C(C)=O)c1. The van der Waals surface area contributed by atoms with E-state index in [-0.39, 0.29) is 23.9 Å². The third-order valence-corrected chi connectivity index (χ3v) is 7.70. The molecule has 3 aromatic carbocycles. The lowest BCUT2D eigenvalue weighted by molar-refractivity contribution is -0.117. The molecule has 1 fully saturated rings. The fourth-order valence-corrected chi connectivity index (χ4v) is 5.79. The van der Waals surface area contributed by atoms with Gasteiger partial charge in [-0.05, 0) is 97.2 Å². The van der Waals surface area contributed by atoms with E-state index in [4.69, 9.17) is 4.74 Å². The van der Waals surface area contributed by atoms with Crippen LogP contribution in [0.25, 0.3) is 11.1 Å². The Morgan fingerprint density at radius 2 is 1.76 bits per heavy atom. The van der Waals surface area contributed by atoms with Gasteiger partial charge in [-0.25, -0.2) is 0 Å². The van der Waals surface area contributed by atoms with E-state index in [0.29, 0.717) is 5.92 Å². The molecule has 198 valence electrons. The summed E-state index contributed by atoms with van der Waals surface area (Å²) in [5, 5.41) is 6.62. The molecule has 6 nitrogen and oxygen atoms in total. The van der Waals surface area contributed by atoms with Crippen LogP contribution >= 0.6 is 0 Å². The molecule has 2 heterocycles. The summed E-state index contributed by atoms with van der Waals surface area (Å²) in [4.78, 5) is 26.0. The highest BCUT2D eigenvalue weighted by molar-refractivity contribution is 5.94. The van der Waals surface area contributed by atoms with Crippen molar-refractivity contribution < 1.29 is 14.3 Å². The van der Waals surface area contributed by atoms with Crippen molar-refractivity contribution in [1.82, 2.24) is 0 Å². The summed E-state index contributed by atoms with van der Waals surface area (Å²) in [6.45, 7) is 7.06. The van der Waals surface area contributed by atoms with Crippen LogP contribution in [0.5, 0.6) is 0 Å². The van der Waals surface area contributed by atoms with E-state index in [1.54, 1.807) is 6.92 Å². The summed E-state index contributed by atoms with van der Waals surface area (Å²) < 4.78 is 5.52. The van der Waals surface area contributed by atoms with E-state index in [2.05, 4.69) is 60.0 Å². The lowest BCUT2D eigenvalue weighted by Crippen LogP contribution is -2.43. The third kappa shape index (κ3) is 5.91. The zero-order chi connectivity index (χ0) is 26.6. The average molecular weight is 512 g/mol. The van der Waals surface area contributed by atoms with Crippen molar-refractivity contribution in [2.45, 2.75) is 58.5 Å². The molecule has 0 aliphatic carbocycles. The molecular formula is C32H37N3O3. The highest BCUT2D eigenvalue weighted by Gasteiger charge is 2.32. The molecule has 0 saturated carbocycles. The number of amides is 2. The summed E-state index contributed by atoms with van der Waals surface area (Å²) in [6.07, 6.45) is 4.24. The van der Waals surface area contributed by atoms with Gasteiger partial charge in [-0.15, -0.1) is 0 Å². The van der Waals surface area contributed by atoms with Gasteiger partial charge < -0.3 is 20.3 Å². The summed E-state index contributed by atoms with van der Waals surface area (Å²) >= 11 is 0. The van der Waals surface area contributed by atoms with Gasteiger partial charge in [0.2, 0.25) is 11.8 Å². The first kappa shape index (κ1) is 26.0. The van der Waals surface area contributed by atoms with Crippen molar-refractivity contribution in [3.63, 3.8) is 0 Å². The maximum Gasteiger partial charge on any atom is 0.224 e. The summed E-state index contributed by atoms with van der Waals surface area (Å²) in [6, 6.07) is 23.1. The van der Waals surface area contributed by atoms with Crippen LogP contribution in [0.2, 0.25) is 0 Å². The molecule has 0 radical (unpaired) electrons. The van der Waals surface area contributed by atoms with Gasteiger partial charge in [0.25, 0.3) is 0 Å². The number of aryl methyl sites for hydroxylation is 1. The van der Waals surface area contributed by atoms with Crippen LogP contribution in [0.3, 0.4) is 0 Å². The Bertz CT molecular complexity index is 1300. The first-order chi connectivity index (χ1) is 18.4. The van der Waals surface area contributed by atoms with Crippen LogP contribution in [0.1, 0.15) is 57.2 Å². The topological polar surface area (TPSA) is 70.7 Å². The van der Waals surface area contributed by atoms with Crippen LogP contribution in [-0.4, -0.2) is 31.1 Å². The van der Waals surface area contributed by atoms with Gasteiger partial charge in [-0.3, -0.25) is 9.59 Å². The molecule has 2 aliphatic heterocycles. The first-order valence-electron chi connectivity index (χ1n) is 13.6. The Balaban J connectivity index is 1.40. The fourth-order valence-electron chi connectivity index (χ4n) is 5.79. The lowest BCUT2D eigenvalue weighted by Gasteiger charge is -2.39. The van der Waals surface area contributed by atoms with E-state index in [1.807, 2.05) is 29.2 Å². The second-order valence-corrected chi connectivity index (χ2v) is 10.7. The Hall–Kier alpha value is -3.64. The highest BCUT2D eigenvalue weighted by atomic mass is 16.5. The van der Waals surface area contributed by atoms with E-state index in [9.17, 15) is 9.59 Å². The van der Waals surface area contributed by atoms with Gasteiger partial charge in [-0.1, -0.05) is 30.3 Å². The van der Waals surface area contributed by atoms with E-state index in [0.717, 1.165) is 59.8 Å².